The van der Waals surface area contributed by atoms with Crippen molar-refractivity contribution in [3.8, 4) is 0 Å². The second-order valence-electron chi connectivity index (χ2n) is 2.94. The number of amides is 1. The van der Waals surface area contributed by atoms with Crippen LogP contribution in [-0.2, 0) is 19.1 Å². The SMILES string of the molecule is COC(=O)C(CCC(=O)Cl)NC(=O)C(F)(F)F. The Hall–Kier alpha value is -1.31. The molecule has 0 radical (unpaired) electrons. The van der Waals surface area contributed by atoms with E-state index in [1.807, 2.05) is 0 Å². The smallest absolute Gasteiger partial charge is 0.467 e. The Labute approximate surface area is 99.2 Å². The summed E-state index contributed by atoms with van der Waals surface area (Å²) >= 11 is 4.97. The number of halogens is 4. The third-order valence-electron chi connectivity index (χ3n) is 1.68. The van der Waals surface area contributed by atoms with Gasteiger partial charge in [0.2, 0.25) is 5.24 Å². The summed E-state index contributed by atoms with van der Waals surface area (Å²) in [4.78, 5) is 32.0. The molecule has 1 amide bonds. The van der Waals surface area contributed by atoms with E-state index in [1.165, 1.54) is 5.32 Å². The van der Waals surface area contributed by atoms with Gasteiger partial charge in [0.05, 0.1) is 7.11 Å². The summed E-state index contributed by atoms with van der Waals surface area (Å²) in [6, 6.07) is -1.56. The number of hydrogen-bond acceptors (Lipinski definition) is 4. The zero-order chi connectivity index (χ0) is 13.6. The molecule has 0 aliphatic rings. The number of alkyl halides is 3. The quantitative estimate of drug-likeness (QED) is 0.594. The summed E-state index contributed by atoms with van der Waals surface area (Å²) in [5, 5.41) is 0.580. The zero-order valence-electron chi connectivity index (χ0n) is 8.64. The van der Waals surface area contributed by atoms with Gasteiger partial charge in [-0.1, -0.05) is 0 Å². The number of ether oxygens (including phenoxy) is 1. The lowest BCUT2D eigenvalue weighted by atomic mass is 10.1. The molecule has 0 saturated heterocycles. The Morgan fingerprint density at radius 1 is 1.35 bits per heavy atom. The number of hydrogen-bond donors (Lipinski definition) is 1. The maximum atomic E-state index is 11.9. The Kier molecular flexibility index (Phi) is 5.94. The highest BCUT2D eigenvalue weighted by atomic mass is 35.5. The van der Waals surface area contributed by atoms with Crippen LogP contribution in [0.1, 0.15) is 12.8 Å². The van der Waals surface area contributed by atoms with Gasteiger partial charge in [-0.3, -0.25) is 9.59 Å². The predicted molar refractivity (Wildman–Crippen MR) is 50.1 cm³/mol. The van der Waals surface area contributed by atoms with E-state index < -0.39 is 29.3 Å². The molecule has 1 N–H and O–H groups in total. The van der Waals surface area contributed by atoms with Crippen molar-refractivity contribution in [1.29, 1.82) is 0 Å². The fraction of sp³-hybridized carbons (Fsp3) is 0.625. The first-order chi connectivity index (χ1) is 7.68. The van der Waals surface area contributed by atoms with Gasteiger partial charge in [-0.25, -0.2) is 4.79 Å². The molecule has 0 aromatic heterocycles. The number of carbonyl (C=O) groups excluding carboxylic acids is 3. The van der Waals surface area contributed by atoms with E-state index in [0.29, 0.717) is 0 Å². The standard InChI is InChI=1S/C8H9ClF3NO4/c1-17-6(15)4(2-3-5(9)14)13-7(16)8(10,11)12/h4H,2-3H2,1H3,(H,13,16). The summed E-state index contributed by atoms with van der Waals surface area (Å²) in [5.41, 5.74) is 0. The summed E-state index contributed by atoms with van der Waals surface area (Å²) in [6.45, 7) is 0. The van der Waals surface area contributed by atoms with Gasteiger partial charge in [-0.2, -0.15) is 13.2 Å². The first kappa shape index (κ1) is 15.7. The summed E-state index contributed by atoms with van der Waals surface area (Å²) in [6.07, 6.45) is -5.84. The lowest BCUT2D eigenvalue weighted by molar-refractivity contribution is -0.175. The number of esters is 1. The second kappa shape index (κ2) is 6.43. The number of nitrogens with one attached hydrogen (secondary N) is 1. The van der Waals surface area contributed by atoms with Crippen LogP contribution in [0.5, 0.6) is 0 Å². The maximum Gasteiger partial charge on any atom is 0.471 e. The molecular formula is C8H9ClF3NO4. The first-order valence-corrected chi connectivity index (χ1v) is 4.70. The molecule has 1 atom stereocenters. The average Bonchev–Trinajstić information content (AvgIpc) is 2.20. The van der Waals surface area contributed by atoms with E-state index in [1.54, 1.807) is 0 Å². The minimum Gasteiger partial charge on any atom is -0.467 e. The molecule has 5 nitrogen and oxygen atoms in total. The molecule has 0 aliphatic carbocycles. The molecule has 0 spiro atoms. The van der Waals surface area contributed by atoms with Gasteiger partial charge >= 0.3 is 18.1 Å². The Morgan fingerprint density at radius 2 is 1.88 bits per heavy atom. The molecule has 0 aliphatic heterocycles. The summed E-state index contributed by atoms with van der Waals surface area (Å²) in [5.74, 6) is -3.37. The molecule has 1 unspecified atom stereocenters. The van der Waals surface area contributed by atoms with Gasteiger partial charge in [0, 0.05) is 6.42 Å². The normalized spacial score (nSPS) is 12.8. The van der Waals surface area contributed by atoms with Crippen molar-refractivity contribution >= 4 is 28.7 Å². The molecule has 98 valence electrons. The van der Waals surface area contributed by atoms with E-state index >= 15 is 0 Å². The fourth-order valence-electron chi connectivity index (χ4n) is 0.889. The number of carbonyl (C=O) groups is 3. The second-order valence-corrected chi connectivity index (χ2v) is 3.36. The molecule has 9 heteroatoms. The first-order valence-electron chi connectivity index (χ1n) is 4.32. The molecule has 0 aromatic carbocycles. The van der Waals surface area contributed by atoms with E-state index in [-0.39, 0.29) is 12.8 Å². The Morgan fingerprint density at radius 3 is 2.24 bits per heavy atom. The molecule has 17 heavy (non-hydrogen) atoms. The molecule has 0 heterocycles. The monoisotopic (exact) mass is 275 g/mol. The fourth-order valence-corrected chi connectivity index (χ4v) is 0.998. The van der Waals surface area contributed by atoms with Crippen molar-refractivity contribution in [2.45, 2.75) is 25.1 Å². The molecule has 0 fully saturated rings. The van der Waals surface area contributed by atoms with Gasteiger partial charge in [0.1, 0.15) is 6.04 Å². The van der Waals surface area contributed by atoms with Crippen molar-refractivity contribution in [2.75, 3.05) is 7.11 Å². The van der Waals surface area contributed by atoms with Crippen molar-refractivity contribution in [3.05, 3.63) is 0 Å². The van der Waals surface area contributed by atoms with Crippen LogP contribution in [0.25, 0.3) is 0 Å². The summed E-state index contributed by atoms with van der Waals surface area (Å²) < 4.78 is 39.9. The van der Waals surface area contributed by atoms with Crippen LogP contribution in [0.3, 0.4) is 0 Å². The van der Waals surface area contributed by atoms with Crippen LogP contribution < -0.4 is 5.32 Å². The van der Waals surface area contributed by atoms with Crippen molar-refractivity contribution in [1.82, 2.24) is 5.32 Å². The molecule has 0 saturated carbocycles. The Bertz CT molecular complexity index is 318. The molecule has 0 bridgehead atoms. The minimum absolute atomic E-state index is 0.362. The topological polar surface area (TPSA) is 72.5 Å². The molecular weight excluding hydrogens is 267 g/mol. The summed E-state index contributed by atoms with van der Waals surface area (Å²) in [7, 11) is 0.942. The van der Waals surface area contributed by atoms with Crippen LogP contribution in [0.2, 0.25) is 0 Å². The van der Waals surface area contributed by atoms with Gasteiger partial charge in [-0.05, 0) is 18.0 Å². The van der Waals surface area contributed by atoms with Gasteiger partial charge in [-0.15, -0.1) is 0 Å². The highest BCUT2D eigenvalue weighted by Gasteiger charge is 2.40. The number of methoxy groups -OCH3 is 1. The predicted octanol–water partition coefficient (Wildman–Crippen LogP) is 0.752. The Balaban J connectivity index is 4.55. The van der Waals surface area contributed by atoms with Gasteiger partial charge in [0.15, 0.2) is 0 Å². The van der Waals surface area contributed by atoms with Crippen molar-refractivity contribution in [2.24, 2.45) is 0 Å². The van der Waals surface area contributed by atoms with Crippen LogP contribution in [0.15, 0.2) is 0 Å². The third-order valence-corrected chi connectivity index (χ3v) is 1.87. The van der Waals surface area contributed by atoms with E-state index in [4.69, 9.17) is 11.6 Å². The van der Waals surface area contributed by atoms with Crippen LogP contribution in [0, 0.1) is 0 Å². The third kappa shape index (κ3) is 6.10. The van der Waals surface area contributed by atoms with Crippen LogP contribution in [0.4, 0.5) is 13.2 Å². The average molecular weight is 276 g/mol. The van der Waals surface area contributed by atoms with Crippen molar-refractivity contribution in [3.63, 3.8) is 0 Å². The van der Waals surface area contributed by atoms with Gasteiger partial charge < -0.3 is 10.1 Å². The maximum absolute atomic E-state index is 11.9. The molecule has 0 aromatic rings. The highest BCUT2D eigenvalue weighted by Crippen LogP contribution is 2.15. The van der Waals surface area contributed by atoms with Crippen molar-refractivity contribution < 1.29 is 32.3 Å². The van der Waals surface area contributed by atoms with E-state index in [9.17, 15) is 27.6 Å². The molecule has 0 rings (SSSR count). The zero-order valence-corrected chi connectivity index (χ0v) is 9.39. The largest absolute Gasteiger partial charge is 0.471 e. The van der Waals surface area contributed by atoms with E-state index in [0.717, 1.165) is 7.11 Å². The lowest BCUT2D eigenvalue weighted by Crippen LogP contribution is -2.47. The lowest BCUT2D eigenvalue weighted by Gasteiger charge is -2.16. The van der Waals surface area contributed by atoms with Crippen LogP contribution in [-0.4, -0.2) is 36.4 Å². The van der Waals surface area contributed by atoms with Crippen LogP contribution >= 0.6 is 11.6 Å². The van der Waals surface area contributed by atoms with E-state index in [2.05, 4.69) is 4.74 Å². The number of rotatable bonds is 5. The highest BCUT2D eigenvalue weighted by molar-refractivity contribution is 6.63. The minimum atomic E-state index is -5.11. The van der Waals surface area contributed by atoms with Gasteiger partial charge in [0.25, 0.3) is 0 Å².